The van der Waals surface area contributed by atoms with Crippen molar-refractivity contribution in [3.63, 3.8) is 0 Å². The van der Waals surface area contributed by atoms with Gasteiger partial charge in [-0.2, -0.15) is 0 Å². The fourth-order valence-electron chi connectivity index (χ4n) is 2.09. The number of rotatable bonds is 7. The Kier molecular flexibility index (Phi) is 5.81. The van der Waals surface area contributed by atoms with Crippen LogP contribution in [0.1, 0.15) is 31.4 Å². The van der Waals surface area contributed by atoms with Crippen molar-refractivity contribution in [2.24, 2.45) is 0 Å². The maximum Gasteiger partial charge on any atom is 0.220 e. The molecular weight excluding hydrogens is 286 g/mol. The van der Waals surface area contributed by atoms with Gasteiger partial charge in [-0.15, -0.1) is 0 Å². The Bertz CT molecular complexity index is 551. The van der Waals surface area contributed by atoms with Gasteiger partial charge in [-0.05, 0) is 37.5 Å². The van der Waals surface area contributed by atoms with Gasteiger partial charge >= 0.3 is 0 Å². The largest absolute Gasteiger partial charge is 0.354 e. The molecule has 1 atom stereocenters. The van der Waals surface area contributed by atoms with Crippen molar-refractivity contribution < 1.29 is 4.79 Å². The summed E-state index contributed by atoms with van der Waals surface area (Å²) in [4.78, 5) is 15.8. The summed E-state index contributed by atoms with van der Waals surface area (Å²) < 4.78 is 1.98. The number of hydrogen-bond donors (Lipinski definition) is 1. The third-order valence-electron chi connectivity index (χ3n) is 3.41. The van der Waals surface area contributed by atoms with Gasteiger partial charge < -0.3 is 9.88 Å². The van der Waals surface area contributed by atoms with Gasteiger partial charge in [-0.25, -0.2) is 4.98 Å². The van der Waals surface area contributed by atoms with Crippen molar-refractivity contribution in [2.45, 2.75) is 32.2 Å². The van der Waals surface area contributed by atoms with Crippen LogP contribution < -0.4 is 5.32 Å². The molecule has 0 radical (unpaired) electrons. The molecule has 1 aromatic carbocycles. The van der Waals surface area contributed by atoms with Crippen molar-refractivity contribution in [2.75, 3.05) is 6.54 Å². The highest BCUT2D eigenvalue weighted by molar-refractivity contribution is 6.30. The average Bonchev–Trinajstić information content (AvgIpc) is 3.01. The Morgan fingerprint density at radius 2 is 2.14 bits per heavy atom. The van der Waals surface area contributed by atoms with Crippen molar-refractivity contribution in [1.29, 1.82) is 0 Å². The predicted molar refractivity (Wildman–Crippen MR) is 84.3 cm³/mol. The molecule has 0 saturated carbocycles. The van der Waals surface area contributed by atoms with E-state index in [0.717, 1.165) is 17.9 Å². The van der Waals surface area contributed by atoms with Gasteiger partial charge in [0.25, 0.3) is 0 Å². The van der Waals surface area contributed by atoms with Crippen LogP contribution in [0.2, 0.25) is 5.02 Å². The van der Waals surface area contributed by atoms with E-state index in [-0.39, 0.29) is 11.9 Å². The van der Waals surface area contributed by atoms with E-state index in [1.807, 2.05) is 35.0 Å². The molecule has 1 unspecified atom stereocenters. The minimum absolute atomic E-state index is 0.0935. The molecule has 0 aliphatic rings. The normalized spacial score (nSPS) is 12.1. The van der Waals surface area contributed by atoms with Gasteiger partial charge in [0.2, 0.25) is 5.91 Å². The summed E-state index contributed by atoms with van der Waals surface area (Å²) >= 11 is 5.84. The van der Waals surface area contributed by atoms with Gasteiger partial charge in [0.15, 0.2) is 0 Å². The van der Waals surface area contributed by atoms with Crippen molar-refractivity contribution >= 4 is 17.5 Å². The first-order valence-electron chi connectivity index (χ1n) is 7.14. The molecular formula is C16H20ClN3O. The Morgan fingerprint density at radius 3 is 2.81 bits per heavy atom. The molecule has 2 rings (SSSR count). The SMILES string of the molecule is CC(CNC(=O)CCCc1ccc(Cl)cc1)n1ccnc1. The molecule has 1 heterocycles. The van der Waals surface area contributed by atoms with Gasteiger partial charge in [0.05, 0.1) is 6.33 Å². The van der Waals surface area contributed by atoms with Crippen LogP contribution in [-0.2, 0) is 11.2 Å². The molecule has 0 fully saturated rings. The molecule has 1 N–H and O–H groups in total. The number of carbonyl (C=O) groups excluding carboxylic acids is 1. The molecule has 0 saturated heterocycles. The van der Waals surface area contributed by atoms with Crippen LogP contribution in [-0.4, -0.2) is 22.0 Å². The van der Waals surface area contributed by atoms with E-state index in [4.69, 9.17) is 11.6 Å². The highest BCUT2D eigenvalue weighted by Gasteiger charge is 2.06. The van der Waals surface area contributed by atoms with E-state index < -0.39 is 0 Å². The first kappa shape index (κ1) is 15.6. The second-order valence-corrected chi connectivity index (χ2v) is 5.58. The van der Waals surface area contributed by atoms with Crippen LogP contribution in [0.4, 0.5) is 0 Å². The molecule has 0 aliphatic carbocycles. The van der Waals surface area contributed by atoms with Gasteiger partial charge in [0.1, 0.15) is 0 Å². The zero-order valence-electron chi connectivity index (χ0n) is 12.1. The highest BCUT2D eigenvalue weighted by Crippen LogP contribution is 2.11. The lowest BCUT2D eigenvalue weighted by atomic mass is 10.1. The number of imidazole rings is 1. The summed E-state index contributed by atoms with van der Waals surface area (Å²) in [5.41, 5.74) is 1.21. The van der Waals surface area contributed by atoms with E-state index >= 15 is 0 Å². The number of benzene rings is 1. The third kappa shape index (κ3) is 5.23. The van der Waals surface area contributed by atoms with Crippen LogP contribution in [0.5, 0.6) is 0 Å². The highest BCUT2D eigenvalue weighted by atomic mass is 35.5. The molecule has 2 aromatic rings. The Labute approximate surface area is 130 Å². The Hall–Kier alpha value is -1.81. The summed E-state index contributed by atoms with van der Waals surface area (Å²) in [5.74, 6) is 0.0935. The van der Waals surface area contributed by atoms with Crippen LogP contribution in [0.15, 0.2) is 43.0 Å². The Morgan fingerprint density at radius 1 is 1.38 bits per heavy atom. The molecule has 0 bridgehead atoms. The number of amides is 1. The van der Waals surface area contributed by atoms with Crippen molar-refractivity contribution in [1.82, 2.24) is 14.9 Å². The lowest BCUT2D eigenvalue weighted by Crippen LogP contribution is -2.29. The van der Waals surface area contributed by atoms with Gasteiger partial charge in [-0.1, -0.05) is 23.7 Å². The van der Waals surface area contributed by atoms with Gasteiger partial charge in [0, 0.05) is 36.4 Å². The number of carbonyl (C=O) groups is 1. The monoisotopic (exact) mass is 305 g/mol. The van der Waals surface area contributed by atoms with Crippen LogP contribution in [0.3, 0.4) is 0 Å². The number of hydrogen-bond acceptors (Lipinski definition) is 2. The van der Waals surface area contributed by atoms with E-state index in [9.17, 15) is 4.79 Å². The second kappa shape index (κ2) is 7.84. The first-order chi connectivity index (χ1) is 10.1. The average molecular weight is 306 g/mol. The summed E-state index contributed by atoms with van der Waals surface area (Å²) in [6, 6.07) is 7.98. The molecule has 4 nitrogen and oxygen atoms in total. The smallest absolute Gasteiger partial charge is 0.220 e. The minimum Gasteiger partial charge on any atom is -0.354 e. The summed E-state index contributed by atoms with van der Waals surface area (Å²) in [6.07, 6.45) is 7.67. The summed E-state index contributed by atoms with van der Waals surface area (Å²) in [6.45, 7) is 2.67. The maximum absolute atomic E-state index is 11.8. The first-order valence-corrected chi connectivity index (χ1v) is 7.51. The van der Waals surface area contributed by atoms with Crippen molar-refractivity contribution in [3.05, 3.63) is 53.6 Å². The Balaban J connectivity index is 1.64. The van der Waals surface area contributed by atoms with E-state index in [0.29, 0.717) is 13.0 Å². The fourth-order valence-corrected chi connectivity index (χ4v) is 2.22. The van der Waals surface area contributed by atoms with Gasteiger partial charge in [-0.3, -0.25) is 4.79 Å². The number of aryl methyl sites for hydroxylation is 1. The number of aromatic nitrogens is 2. The van der Waals surface area contributed by atoms with Crippen LogP contribution >= 0.6 is 11.6 Å². The molecule has 112 valence electrons. The van der Waals surface area contributed by atoms with E-state index in [1.54, 1.807) is 12.5 Å². The minimum atomic E-state index is 0.0935. The van der Waals surface area contributed by atoms with E-state index in [2.05, 4.69) is 17.2 Å². The molecule has 0 aliphatic heterocycles. The number of halogens is 1. The predicted octanol–water partition coefficient (Wildman–Crippen LogP) is 3.24. The second-order valence-electron chi connectivity index (χ2n) is 5.14. The van der Waals surface area contributed by atoms with Crippen LogP contribution in [0.25, 0.3) is 0 Å². The maximum atomic E-state index is 11.8. The molecule has 21 heavy (non-hydrogen) atoms. The topological polar surface area (TPSA) is 46.9 Å². The zero-order valence-corrected chi connectivity index (χ0v) is 12.9. The quantitative estimate of drug-likeness (QED) is 0.853. The molecule has 1 aromatic heterocycles. The fraction of sp³-hybridized carbons (Fsp3) is 0.375. The molecule has 5 heteroatoms. The lowest BCUT2D eigenvalue weighted by Gasteiger charge is -2.13. The van der Waals surface area contributed by atoms with Crippen molar-refractivity contribution in [3.8, 4) is 0 Å². The zero-order chi connectivity index (χ0) is 15.1. The van der Waals surface area contributed by atoms with E-state index in [1.165, 1.54) is 5.56 Å². The third-order valence-corrected chi connectivity index (χ3v) is 3.66. The molecule has 0 spiro atoms. The van der Waals surface area contributed by atoms with Crippen LogP contribution in [0, 0.1) is 0 Å². The molecule has 1 amide bonds. The number of nitrogens with one attached hydrogen (secondary N) is 1. The number of nitrogens with zero attached hydrogens (tertiary/aromatic N) is 2. The lowest BCUT2D eigenvalue weighted by molar-refractivity contribution is -0.121. The standard InChI is InChI=1S/C16H20ClN3O/c1-13(20-10-9-18-12-20)11-19-16(21)4-2-3-14-5-7-15(17)8-6-14/h5-10,12-13H,2-4,11H2,1H3,(H,19,21). The summed E-state index contributed by atoms with van der Waals surface area (Å²) in [5, 5.41) is 3.70. The summed E-state index contributed by atoms with van der Waals surface area (Å²) in [7, 11) is 0.